The summed E-state index contributed by atoms with van der Waals surface area (Å²) >= 11 is 0. The molecule has 1 spiro atoms. The molecule has 1 atom stereocenters. The Morgan fingerprint density at radius 3 is 2.59 bits per heavy atom. The van der Waals surface area contributed by atoms with Gasteiger partial charge in [0.05, 0.1) is 13.2 Å². The SMILES string of the molecule is Cc1cccc(O[C@H](C)C(=O)N2CCC3(CC2)OCCO3)c1. The maximum Gasteiger partial charge on any atom is 0.263 e. The molecule has 1 amide bonds. The fourth-order valence-electron chi connectivity index (χ4n) is 3.05. The van der Waals surface area contributed by atoms with Crippen molar-refractivity contribution in [1.29, 1.82) is 0 Å². The largest absolute Gasteiger partial charge is 0.481 e. The Morgan fingerprint density at radius 1 is 1.27 bits per heavy atom. The Labute approximate surface area is 131 Å². The standard InChI is InChI=1S/C17H23NO4/c1-13-4-3-5-15(12-13)22-14(2)16(19)18-8-6-17(7-9-18)20-10-11-21-17/h3-5,12,14H,6-11H2,1-2H3/t14-/m1/s1. The molecule has 0 aliphatic carbocycles. The molecule has 2 heterocycles. The average Bonchev–Trinajstić information content (AvgIpc) is 2.95. The predicted molar refractivity (Wildman–Crippen MR) is 81.7 cm³/mol. The summed E-state index contributed by atoms with van der Waals surface area (Å²) in [7, 11) is 0. The summed E-state index contributed by atoms with van der Waals surface area (Å²) < 4.78 is 17.1. The van der Waals surface area contributed by atoms with Crippen LogP contribution in [0.4, 0.5) is 0 Å². The number of hydrogen-bond donors (Lipinski definition) is 0. The summed E-state index contributed by atoms with van der Waals surface area (Å²) in [6, 6.07) is 7.75. The summed E-state index contributed by atoms with van der Waals surface area (Å²) in [5.41, 5.74) is 1.12. The molecule has 1 aromatic rings. The highest BCUT2D eigenvalue weighted by Crippen LogP contribution is 2.31. The topological polar surface area (TPSA) is 48.0 Å². The van der Waals surface area contributed by atoms with Gasteiger partial charge in [0, 0.05) is 25.9 Å². The van der Waals surface area contributed by atoms with Crippen LogP contribution >= 0.6 is 0 Å². The van der Waals surface area contributed by atoms with Crippen molar-refractivity contribution in [3.8, 4) is 5.75 Å². The van der Waals surface area contributed by atoms with E-state index in [4.69, 9.17) is 14.2 Å². The van der Waals surface area contributed by atoms with Gasteiger partial charge in [0.2, 0.25) is 0 Å². The summed E-state index contributed by atoms with van der Waals surface area (Å²) in [5, 5.41) is 0. The van der Waals surface area contributed by atoms with Gasteiger partial charge in [0.15, 0.2) is 11.9 Å². The molecule has 0 bridgehead atoms. The van der Waals surface area contributed by atoms with Crippen LogP contribution in [0.5, 0.6) is 5.75 Å². The van der Waals surface area contributed by atoms with Crippen LogP contribution in [0.25, 0.3) is 0 Å². The minimum Gasteiger partial charge on any atom is -0.481 e. The van der Waals surface area contributed by atoms with E-state index in [2.05, 4.69) is 0 Å². The molecule has 2 aliphatic heterocycles. The molecule has 22 heavy (non-hydrogen) atoms. The number of aryl methyl sites for hydroxylation is 1. The number of benzene rings is 1. The molecular formula is C17H23NO4. The molecule has 2 aliphatic rings. The van der Waals surface area contributed by atoms with Crippen molar-refractivity contribution in [2.24, 2.45) is 0 Å². The lowest BCUT2D eigenvalue weighted by atomic mass is 10.0. The molecular weight excluding hydrogens is 282 g/mol. The number of rotatable bonds is 3. The summed E-state index contributed by atoms with van der Waals surface area (Å²) in [6.07, 6.45) is 0.979. The quantitative estimate of drug-likeness (QED) is 0.858. The van der Waals surface area contributed by atoms with Crippen molar-refractivity contribution in [3.05, 3.63) is 29.8 Å². The summed E-state index contributed by atoms with van der Waals surface area (Å²) in [5.74, 6) is 0.309. The van der Waals surface area contributed by atoms with Gasteiger partial charge in [-0.15, -0.1) is 0 Å². The van der Waals surface area contributed by atoms with Crippen molar-refractivity contribution in [2.45, 2.75) is 38.6 Å². The van der Waals surface area contributed by atoms with E-state index in [9.17, 15) is 4.79 Å². The fraction of sp³-hybridized carbons (Fsp3) is 0.588. The molecule has 1 aromatic carbocycles. The van der Waals surface area contributed by atoms with E-state index < -0.39 is 11.9 Å². The monoisotopic (exact) mass is 305 g/mol. The van der Waals surface area contributed by atoms with E-state index in [1.165, 1.54) is 0 Å². The van der Waals surface area contributed by atoms with Gasteiger partial charge in [-0.05, 0) is 31.5 Å². The molecule has 0 N–H and O–H groups in total. The number of amides is 1. The predicted octanol–water partition coefficient (Wildman–Crippen LogP) is 2.13. The van der Waals surface area contributed by atoms with E-state index >= 15 is 0 Å². The van der Waals surface area contributed by atoms with Crippen molar-refractivity contribution in [2.75, 3.05) is 26.3 Å². The first-order chi connectivity index (χ1) is 10.6. The second-order valence-corrected chi connectivity index (χ2v) is 6.01. The molecule has 120 valence electrons. The Balaban J connectivity index is 1.55. The van der Waals surface area contributed by atoms with Crippen LogP contribution in [0.15, 0.2) is 24.3 Å². The minimum atomic E-state index is -0.485. The highest BCUT2D eigenvalue weighted by Gasteiger charge is 2.41. The smallest absolute Gasteiger partial charge is 0.263 e. The van der Waals surface area contributed by atoms with Gasteiger partial charge in [-0.3, -0.25) is 4.79 Å². The first-order valence-corrected chi connectivity index (χ1v) is 7.88. The molecule has 3 rings (SSSR count). The molecule has 5 nitrogen and oxygen atoms in total. The number of hydrogen-bond acceptors (Lipinski definition) is 4. The lowest BCUT2D eigenvalue weighted by Crippen LogP contribution is -2.50. The van der Waals surface area contributed by atoms with Crippen LogP contribution in [0.1, 0.15) is 25.3 Å². The second kappa shape index (κ2) is 6.26. The second-order valence-electron chi connectivity index (χ2n) is 6.01. The number of likely N-dealkylation sites (tertiary alicyclic amines) is 1. The summed E-state index contributed by atoms with van der Waals surface area (Å²) in [4.78, 5) is 14.4. The zero-order valence-electron chi connectivity index (χ0n) is 13.2. The zero-order valence-corrected chi connectivity index (χ0v) is 13.2. The number of piperidine rings is 1. The summed E-state index contributed by atoms with van der Waals surface area (Å²) in [6.45, 7) is 6.42. The van der Waals surface area contributed by atoms with E-state index in [1.807, 2.05) is 36.1 Å². The molecule has 0 radical (unpaired) electrons. The van der Waals surface area contributed by atoms with Gasteiger partial charge in [0.1, 0.15) is 5.75 Å². The van der Waals surface area contributed by atoms with E-state index in [1.54, 1.807) is 6.92 Å². The number of carbonyl (C=O) groups excluding carboxylic acids is 1. The van der Waals surface area contributed by atoms with Crippen molar-refractivity contribution < 1.29 is 19.0 Å². The maximum absolute atomic E-state index is 12.5. The van der Waals surface area contributed by atoms with Crippen LogP contribution in [0.3, 0.4) is 0 Å². The van der Waals surface area contributed by atoms with E-state index in [0.29, 0.717) is 26.3 Å². The first kappa shape index (κ1) is 15.3. The Morgan fingerprint density at radius 2 is 1.95 bits per heavy atom. The maximum atomic E-state index is 12.5. The normalized spacial score (nSPS) is 21.8. The number of ether oxygens (including phenoxy) is 3. The third-order valence-electron chi connectivity index (χ3n) is 4.30. The van der Waals surface area contributed by atoms with Crippen LogP contribution in [-0.4, -0.2) is 49.0 Å². The molecule has 0 aromatic heterocycles. The van der Waals surface area contributed by atoms with Gasteiger partial charge in [-0.2, -0.15) is 0 Å². The molecule has 0 unspecified atom stereocenters. The number of nitrogens with zero attached hydrogens (tertiary/aromatic N) is 1. The van der Waals surface area contributed by atoms with Gasteiger partial charge in [-0.25, -0.2) is 0 Å². The van der Waals surface area contributed by atoms with Crippen LogP contribution in [0, 0.1) is 6.92 Å². The molecule has 5 heteroatoms. The number of carbonyl (C=O) groups is 1. The van der Waals surface area contributed by atoms with Gasteiger partial charge in [-0.1, -0.05) is 12.1 Å². The Bertz CT molecular complexity index is 529. The highest BCUT2D eigenvalue weighted by molar-refractivity contribution is 5.81. The van der Waals surface area contributed by atoms with Crippen molar-refractivity contribution in [1.82, 2.24) is 4.90 Å². The van der Waals surface area contributed by atoms with Crippen molar-refractivity contribution in [3.63, 3.8) is 0 Å². The van der Waals surface area contributed by atoms with Crippen molar-refractivity contribution >= 4 is 5.91 Å². The van der Waals surface area contributed by atoms with E-state index in [0.717, 1.165) is 24.2 Å². The Hall–Kier alpha value is -1.59. The van der Waals surface area contributed by atoms with E-state index in [-0.39, 0.29) is 5.91 Å². The molecule has 0 saturated carbocycles. The highest BCUT2D eigenvalue weighted by atomic mass is 16.7. The third-order valence-corrected chi connectivity index (χ3v) is 4.30. The third kappa shape index (κ3) is 3.25. The zero-order chi connectivity index (χ0) is 15.6. The van der Waals surface area contributed by atoms with Gasteiger partial charge < -0.3 is 19.1 Å². The lowest BCUT2D eigenvalue weighted by Gasteiger charge is -2.38. The minimum absolute atomic E-state index is 0.0225. The lowest BCUT2D eigenvalue weighted by molar-refractivity contribution is -0.188. The van der Waals surface area contributed by atoms with Crippen LogP contribution in [-0.2, 0) is 14.3 Å². The van der Waals surface area contributed by atoms with Crippen LogP contribution in [0.2, 0.25) is 0 Å². The van der Waals surface area contributed by atoms with Gasteiger partial charge in [0.25, 0.3) is 5.91 Å². The molecule has 2 saturated heterocycles. The first-order valence-electron chi connectivity index (χ1n) is 7.88. The average molecular weight is 305 g/mol. The Kier molecular flexibility index (Phi) is 4.36. The molecule has 2 fully saturated rings. The fourth-order valence-corrected chi connectivity index (χ4v) is 3.05. The van der Waals surface area contributed by atoms with Gasteiger partial charge >= 0.3 is 0 Å². The van der Waals surface area contributed by atoms with Crippen LogP contribution < -0.4 is 4.74 Å².